The number of furan rings is 1. The third-order valence-corrected chi connectivity index (χ3v) is 3.83. The third kappa shape index (κ3) is 5.76. The van der Waals surface area contributed by atoms with Crippen molar-refractivity contribution in [2.24, 2.45) is 5.92 Å². The standard InChI is InChI=1S/C17H26N2O2/c1-14(2)11-17(20)18-8-7-15-5-3-9-19(12-15)13-16-6-4-10-21-16/h4,6,10-11,15H,3,5,7-9,12-13H2,1-2H3,(H,18,20)/t15-/m0/s1. The van der Waals surface area contributed by atoms with E-state index in [0.29, 0.717) is 5.92 Å². The Kier molecular flexibility index (Phi) is 6.05. The number of likely N-dealkylation sites (tertiary alicyclic amines) is 1. The molecule has 1 fully saturated rings. The summed E-state index contributed by atoms with van der Waals surface area (Å²) < 4.78 is 5.42. The van der Waals surface area contributed by atoms with E-state index >= 15 is 0 Å². The highest BCUT2D eigenvalue weighted by molar-refractivity contribution is 5.87. The maximum atomic E-state index is 11.6. The molecule has 0 unspecified atom stereocenters. The van der Waals surface area contributed by atoms with Gasteiger partial charge in [-0.25, -0.2) is 0 Å². The van der Waals surface area contributed by atoms with E-state index in [1.165, 1.54) is 12.8 Å². The zero-order valence-corrected chi connectivity index (χ0v) is 13.1. The first-order valence-electron chi connectivity index (χ1n) is 7.81. The van der Waals surface area contributed by atoms with E-state index in [9.17, 15) is 4.79 Å². The average molecular weight is 290 g/mol. The molecule has 1 amide bonds. The van der Waals surface area contributed by atoms with E-state index in [1.807, 2.05) is 26.0 Å². The number of carbonyl (C=O) groups is 1. The van der Waals surface area contributed by atoms with E-state index in [0.717, 1.165) is 43.9 Å². The van der Waals surface area contributed by atoms with Crippen LogP contribution in [0.3, 0.4) is 0 Å². The fraction of sp³-hybridized carbons (Fsp3) is 0.588. The molecule has 1 atom stereocenters. The Morgan fingerprint density at radius 3 is 3.10 bits per heavy atom. The van der Waals surface area contributed by atoms with Crippen LogP contribution in [-0.2, 0) is 11.3 Å². The summed E-state index contributed by atoms with van der Waals surface area (Å²) in [5, 5.41) is 2.97. The van der Waals surface area contributed by atoms with Gasteiger partial charge >= 0.3 is 0 Å². The summed E-state index contributed by atoms with van der Waals surface area (Å²) >= 11 is 0. The number of nitrogens with one attached hydrogen (secondary N) is 1. The molecule has 4 heteroatoms. The molecule has 21 heavy (non-hydrogen) atoms. The molecule has 2 rings (SSSR count). The van der Waals surface area contributed by atoms with Gasteiger partial charge in [0, 0.05) is 19.2 Å². The lowest BCUT2D eigenvalue weighted by molar-refractivity contribution is -0.116. The highest BCUT2D eigenvalue weighted by atomic mass is 16.3. The zero-order chi connectivity index (χ0) is 15.1. The predicted molar refractivity (Wildman–Crippen MR) is 83.8 cm³/mol. The van der Waals surface area contributed by atoms with E-state index in [4.69, 9.17) is 4.42 Å². The van der Waals surface area contributed by atoms with Crippen LogP contribution >= 0.6 is 0 Å². The minimum absolute atomic E-state index is 0.0262. The number of hydrogen-bond donors (Lipinski definition) is 1. The fourth-order valence-corrected chi connectivity index (χ4v) is 2.87. The molecule has 0 aromatic carbocycles. The smallest absolute Gasteiger partial charge is 0.243 e. The van der Waals surface area contributed by atoms with Crippen molar-refractivity contribution in [3.05, 3.63) is 35.8 Å². The van der Waals surface area contributed by atoms with E-state index in [2.05, 4.69) is 10.2 Å². The van der Waals surface area contributed by atoms with Crippen LogP contribution in [0.5, 0.6) is 0 Å². The molecule has 0 saturated carbocycles. The van der Waals surface area contributed by atoms with Crippen LogP contribution < -0.4 is 5.32 Å². The monoisotopic (exact) mass is 290 g/mol. The van der Waals surface area contributed by atoms with Gasteiger partial charge in [0.05, 0.1) is 12.8 Å². The van der Waals surface area contributed by atoms with Crippen molar-refractivity contribution < 1.29 is 9.21 Å². The largest absolute Gasteiger partial charge is 0.468 e. The average Bonchev–Trinajstić information content (AvgIpc) is 2.91. The third-order valence-electron chi connectivity index (χ3n) is 3.83. The van der Waals surface area contributed by atoms with Crippen LogP contribution in [0.2, 0.25) is 0 Å². The number of carbonyl (C=O) groups excluding carboxylic acids is 1. The molecule has 4 nitrogen and oxygen atoms in total. The van der Waals surface area contributed by atoms with Gasteiger partial charge in [-0.3, -0.25) is 9.69 Å². The molecule has 0 aliphatic carbocycles. The molecule has 2 heterocycles. The van der Waals surface area contributed by atoms with Crippen molar-refractivity contribution in [1.29, 1.82) is 0 Å². The number of rotatable bonds is 6. The van der Waals surface area contributed by atoms with Crippen molar-refractivity contribution >= 4 is 5.91 Å². The van der Waals surface area contributed by atoms with Gasteiger partial charge in [0.2, 0.25) is 5.91 Å². The lowest BCUT2D eigenvalue weighted by atomic mass is 9.94. The van der Waals surface area contributed by atoms with Crippen molar-refractivity contribution in [3.8, 4) is 0 Å². The summed E-state index contributed by atoms with van der Waals surface area (Å²) in [6.45, 7) is 7.77. The Morgan fingerprint density at radius 1 is 1.52 bits per heavy atom. The van der Waals surface area contributed by atoms with Crippen LogP contribution in [0.25, 0.3) is 0 Å². The zero-order valence-electron chi connectivity index (χ0n) is 13.1. The first-order valence-corrected chi connectivity index (χ1v) is 7.81. The molecule has 1 aliphatic heterocycles. The molecule has 116 valence electrons. The highest BCUT2D eigenvalue weighted by Gasteiger charge is 2.20. The lowest BCUT2D eigenvalue weighted by Crippen LogP contribution is -2.36. The second-order valence-electron chi connectivity index (χ2n) is 6.12. The van der Waals surface area contributed by atoms with E-state index in [-0.39, 0.29) is 5.91 Å². The molecule has 0 spiro atoms. The summed E-state index contributed by atoms with van der Waals surface area (Å²) in [5.41, 5.74) is 1.04. The SMILES string of the molecule is CC(C)=CC(=O)NCC[C@@H]1CCCN(Cc2ccco2)C1. The first kappa shape index (κ1) is 15.8. The predicted octanol–water partition coefficient (Wildman–Crippen LogP) is 2.96. The highest BCUT2D eigenvalue weighted by Crippen LogP contribution is 2.21. The van der Waals surface area contributed by atoms with Crippen molar-refractivity contribution in [1.82, 2.24) is 10.2 Å². The molecular weight excluding hydrogens is 264 g/mol. The fourth-order valence-electron chi connectivity index (χ4n) is 2.87. The van der Waals surface area contributed by atoms with Gasteiger partial charge in [0.1, 0.15) is 5.76 Å². The Bertz CT molecular complexity index is 461. The van der Waals surface area contributed by atoms with Crippen LogP contribution in [0, 0.1) is 5.92 Å². The van der Waals surface area contributed by atoms with Crippen LogP contribution in [0.4, 0.5) is 0 Å². The molecule has 0 bridgehead atoms. The number of amides is 1. The van der Waals surface area contributed by atoms with Crippen LogP contribution in [0.15, 0.2) is 34.5 Å². The van der Waals surface area contributed by atoms with Crippen molar-refractivity contribution in [2.45, 2.75) is 39.7 Å². The normalized spacial score (nSPS) is 19.2. The summed E-state index contributed by atoms with van der Waals surface area (Å²) in [4.78, 5) is 14.0. The van der Waals surface area contributed by atoms with Gasteiger partial charge in [0.25, 0.3) is 0 Å². The van der Waals surface area contributed by atoms with Gasteiger partial charge in [0.15, 0.2) is 0 Å². The topological polar surface area (TPSA) is 45.5 Å². The van der Waals surface area contributed by atoms with Gasteiger partial charge < -0.3 is 9.73 Å². The summed E-state index contributed by atoms with van der Waals surface area (Å²) in [6.07, 6.45) is 6.93. The van der Waals surface area contributed by atoms with Crippen LogP contribution in [-0.4, -0.2) is 30.4 Å². The van der Waals surface area contributed by atoms with Crippen LogP contribution in [0.1, 0.15) is 38.9 Å². The van der Waals surface area contributed by atoms with Gasteiger partial charge in [-0.1, -0.05) is 5.57 Å². The number of nitrogens with zero attached hydrogens (tertiary/aromatic N) is 1. The Morgan fingerprint density at radius 2 is 2.38 bits per heavy atom. The number of allylic oxidation sites excluding steroid dienone is 1. The number of hydrogen-bond acceptors (Lipinski definition) is 3. The Hall–Kier alpha value is -1.55. The Labute approximate surface area is 127 Å². The Balaban J connectivity index is 1.69. The molecule has 0 radical (unpaired) electrons. The molecule has 1 N–H and O–H groups in total. The minimum atomic E-state index is 0.0262. The lowest BCUT2D eigenvalue weighted by Gasteiger charge is -2.32. The maximum absolute atomic E-state index is 11.6. The van der Waals surface area contributed by atoms with Gasteiger partial charge in [-0.05, 0) is 57.7 Å². The minimum Gasteiger partial charge on any atom is -0.468 e. The van der Waals surface area contributed by atoms with Gasteiger partial charge in [-0.2, -0.15) is 0 Å². The van der Waals surface area contributed by atoms with E-state index in [1.54, 1.807) is 12.3 Å². The molecule has 1 aromatic rings. The molecule has 1 aromatic heterocycles. The number of piperidine rings is 1. The summed E-state index contributed by atoms with van der Waals surface area (Å²) in [6, 6.07) is 3.97. The summed E-state index contributed by atoms with van der Waals surface area (Å²) in [5.74, 6) is 1.73. The van der Waals surface area contributed by atoms with Crippen molar-refractivity contribution in [3.63, 3.8) is 0 Å². The second-order valence-corrected chi connectivity index (χ2v) is 6.12. The molecular formula is C17H26N2O2. The quantitative estimate of drug-likeness (QED) is 0.819. The maximum Gasteiger partial charge on any atom is 0.243 e. The van der Waals surface area contributed by atoms with Crippen molar-refractivity contribution in [2.75, 3.05) is 19.6 Å². The second kappa shape index (κ2) is 8.03. The van der Waals surface area contributed by atoms with Gasteiger partial charge in [-0.15, -0.1) is 0 Å². The summed E-state index contributed by atoms with van der Waals surface area (Å²) in [7, 11) is 0. The molecule has 1 aliphatic rings. The first-order chi connectivity index (χ1) is 10.1. The molecule has 1 saturated heterocycles. The van der Waals surface area contributed by atoms with E-state index < -0.39 is 0 Å².